The Hall–Kier alpha value is -1.62. The van der Waals surface area contributed by atoms with Crippen LogP contribution in [0.4, 0.5) is 0 Å². The van der Waals surface area contributed by atoms with Crippen molar-refractivity contribution in [2.45, 2.75) is 32.2 Å². The van der Waals surface area contributed by atoms with E-state index in [2.05, 4.69) is 22.1 Å². The lowest BCUT2D eigenvalue weighted by molar-refractivity contribution is 0.0908. The molecule has 0 aliphatic carbocycles. The van der Waals surface area contributed by atoms with Crippen molar-refractivity contribution in [3.05, 3.63) is 24.0 Å². The fraction of sp³-hybridized carbons (Fsp3) is 0.571. The normalized spacial score (nSPS) is 17.3. The van der Waals surface area contributed by atoms with E-state index >= 15 is 0 Å². The first-order valence-corrected chi connectivity index (χ1v) is 6.87. The molecule has 0 bridgehead atoms. The average molecular weight is 263 g/mol. The van der Waals surface area contributed by atoms with E-state index in [0.717, 1.165) is 32.5 Å². The van der Waals surface area contributed by atoms with Crippen LogP contribution in [0.2, 0.25) is 0 Å². The number of hydrogen-bond acceptors (Lipinski definition) is 4. The van der Waals surface area contributed by atoms with Gasteiger partial charge in [0.25, 0.3) is 5.91 Å². The highest BCUT2D eigenvalue weighted by molar-refractivity contribution is 5.96. The van der Waals surface area contributed by atoms with Crippen LogP contribution in [0.1, 0.15) is 36.5 Å². The number of piperidine rings is 1. The Morgan fingerprint density at radius 1 is 1.53 bits per heavy atom. The molecule has 2 heterocycles. The third kappa shape index (κ3) is 3.67. The van der Waals surface area contributed by atoms with E-state index in [1.165, 1.54) is 24.9 Å². The molecule has 1 aliphatic heterocycles. The number of aromatic nitrogens is 1. The first-order chi connectivity index (χ1) is 9.20. The molecule has 104 valence electrons. The van der Waals surface area contributed by atoms with Gasteiger partial charge >= 0.3 is 0 Å². The maximum atomic E-state index is 12.0. The van der Waals surface area contributed by atoms with Gasteiger partial charge in [-0.15, -0.1) is 0 Å². The van der Waals surface area contributed by atoms with E-state index < -0.39 is 0 Å². The van der Waals surface area contributed by atoms with Gasteiger partial charge in [0.15, 0.2) is 0 Å². The van der Waals surface area contributed by atoms with Gasteiger partial charge in [0.1, 0.15) is 5.75 Å². The first-order valence-electron chi connectivity index (χ1n) is 6.87. The molecular weight excluding hydrogens is 242 g/mol. The molecule has 1 aliphatic rings. The van der Waals surface area contributed by atoms with Crippen molar-refractivity contribution in [1.29, 1.82) is 0 Å². The van der Waals surface area contributed by atoms with E-state index in [-0.39, 0.29) is 17.7 Å². The zero-order chi connectivity index (χ0) is 13.7. The minimum Gasteiger partial charge on any atom is -0.505 e. The van der Waals surface area contributed by atoms with Crippen LogP contribution in [-0.4, -0.2) is 46.6 Å². The predicted octanol–water partition coefficient (Wildman–Crippen LogP) is 1.39. The Bertz CT molecular complexity index is 428. The Labute approximate surface area is 113 Å². The zero-order valence-electron chi connectivity index (χ0n) is 11.3. The molecule has 1 amide bonds. The third-order valence-corrected chi connectivity index (χ3v) is 3.51. The van der Waals surface area contributed by atoms with Crippen LogP contribution < -0.4 is 5.32 Å². The van der Waals surface area contributed by atoms with Gasteiger partial charge in [-0.3, -0.25) is 9.78 Å². The second kappa shape index (κ2) is 6.52. The van der Waals surface area contributed by atoms with Gasteiger partial charge in [0, 0.05) is 25.3 Å². The lowest BCUT2D eigenvalue weighted by Crippen LogP contribution is -2.44. The monoisotopic (exact) mass is 263 g/mol. The highest BCUT2D eigenvalue weighted by Gasteiger charge is 2.21. The summed E-state index contributed by atoms with van der Waals surface area (Å²) in [5, 5.41) is 12.6. The van der Waals surface area contributed by atoms with Gasteiger partial charge in [0.05, 0.1) is 11.8 Å². The van der Waals surface area contributed by atoms with E-state index in [1.807, 2.05) is 0 Å². The largest absolute Gasteiger partial charge is 0.505 e. The molecule has 19 heavy (non-hydrogen) atoms. The van der Waals surface area contributed by atoms with Gasteiger partial charge in [-0.05, 0) is 31.9 Å². The van der Waals surface area contributed by atoms with Gasteiger partial charge in [-0.25, -0.2) is 0 Å². The number of aromatic hydroxyl groups is 1. The fourth-order valence-electron chi connectivity index (χ4n) is 2.46. The minimum atomic E-state index is -0.214. The maximum absolute atomic E-state index is 12.0. The van der Waals surface area contributed by atoms with Crippen molar-refractivity contribution in [2.24, 2.45) is 0 Å². The number of rotatable bonds is 4. The lowest BCUT2D eigenvalue weighted by Gasteiger charge is -2.32. The molecule has 1 aromatic rings. The highest BCUT2D eigenvalue weighted by atomic mass is 16.3. The summed E-state index contributed by atoms with van der Waals surface area (Å²) in [5.41, 5.74) is 0.297. The molecule has 1 saturated heterocycles. The van der Waals surface area contributed by atoms with E-state index in [0.29, 0.717) is 5.56 Å². The smallest absolute Gasteiger partial charge is 0.255 e. The summed E-state index contributed by atoms with van der Waals surface area (Å²) in [6, 6.07) is 1.74. The molecular formula is C14H21N3O2. The molecule has 0 radical (unpaired) electrons. The van der Waals surface area contributed by atoms with Crippen molar-refractivity contribution in [3.63, 3.8) is 0 Å². The molecule has 1 aromatic heterocycles. The molecule has 2 N–H and O–H groups in total. The number of nitrogens with one attached hydrogen (secondary N) is 1. The van der Waals surface area contributed by atoms with Crippen LogP contribution in [-0.2, 0) is 0 Å². The standard InChI is InChI=1S/C14H21N3O2/c1-2-7-17-8-4-11(5-9-17)16-14(19)12-3-6-15-10-13(12)18/h3,6,10-11,18H,2,4-5,7-9H2,1H3,(H,16,19). The second-order valence-electron chi connectivity index (χ2n) is 4.98. The summed E-state index contributed by atoms with van der Waals surface area (Å²) in [5.74, 6) is -0.280. The van der Waals surface area contributed by atoms with Gasteiger partial charge in [-0.2, -0.15) is 0 Å². The van der Waals surface area contributed by atoms with Crippen LogP contribution in [0.3, 0.4) is 0 Å². The molecule has 1 fully saturated rings. The van der Waals surface area contributed by atoms with Gasteiger partial charge in [-0.1, -0.05) is 6.92 Å². The van der Waals surface area contributed by atoms with Crippen LogP contribution in [0, 0.1) is 0 Å². The van der Waals surface area contributed by atoms with Crippen LogP contribution >= 0.6 is 0 Å². The Morgan fingerprint density at radius 3 is 2.89 bits per heavy atom. The summed E-state index contributed by atoms with van der Waals surface area (Å²) in [6.45, 7) is 5.37. The summed E-state index contributed by atoms with van der Waals surface area (Å²) in [4.78, 5) is 18.2. The summed E-state index contributed by atoms with van der Waals surface area (Å²) in [7, 11) is 0. The molecule has 0 aromatic carbocycles. The van der Waals surface area contributed by atoms with Crippen molar-refractivity contribution in [3.8, 4) is 5.75 Å². The molecule has 0 atom stereocenters. The quantitative estimate of drug-likeness (QED) is 0.861. The number of carbonyl (C=O) groups excluding carboxylic acids is 1. The Kier molecular flexibility index (Phi) is 4.74. The third-order valence-electron chi connectivity index (χ3n) is 3.51. The molecule has 2 rings (SSSR count). The van der Waals surface area contributed by atoms with Gasteiger partial charge < -0.3 is 15.3 Å². The molecule has 5 heteroatoms. The predicted molar refractivity (Wildman–Crippen MR) is 73.1 cm³/mol. The van der Waals surface area contributed by atoms with Crippen molar-refractivity contribution < 1.29 is 9.90 Å². The Morgan fingerprint density at radius 2 is 2.26 bits per heavy atom. The molecule has 5 nitrogen and oxygen atoms in total. The Balaban J connectivity index is 1.86. The van der Waals surface area contributed by atoms with Crippen molar-refractivity contribution in [2.75, 3.05) is 19.6 Å². The zero-order valence-corrected chi connectivity index (χ0v) is 11.3. The lowest BCUT2D eigenvalue weighted by atomic mass is 10.0. The van der Waals surface area contributed by atoms with E-state index in [1.54, 1.807) is 0 Å². The number of nitrogens with zero attached hydrogens (tertiary/aromatic N) is 2. The summed E-state index contributed by atoms with van der Waals surface area (Å²) >= 11 is 0. The fourth-order valence-corrected chi connectivity index (χ4v) is 2.46. The second-order valence-corrected chi connectivity index (χ2v) is 4.98. The van der Waals surface area contributed by atoms with Crippen molar-refractivity contribution in [1.82, 2.24) is 15.2 Å². The number of carbonyl (C=O) groups is 1. The minimum absolute atomic E-state index is 0.0663. The topological polar surface area (TPSA) is 65.5 Å². The molecule has 0 unspecified atom stereocenters. The number of amides is 1. The highest BCUT2D eigenvalue weighted by Crippen LogP contribution is 2.16. The summed E-state index contributed by atoms with van der Waals surface area (Å²) < 4.78 is 0. The maximum Gasteiger partial charge on any atom is 0.255 e. The van der Waals surface area contributed by atoms with E-state index in [9.17, 15) is 9.90 Å². The number of pyridine rings is 1. The van der Waals surface area contributed by atoms with Crippen LogP contribution in [0.15, 0.2) is 18.5 Å². The van der Waals surface area contributed by atoms with Crippen LogP contribution in [0.25, 0.3) is 0 Å². The van der Waals surface area contributed by atoms with E-state index in [4.69, 9.17) is 0 Å². The average Bonchev–Trinajstić information content (AvgIpc) is 2.42. The number of hydrogen-bond donors (Lipinski definition) is 2. The van der Waals surface area contributed by atoms with Crippen molar-refractivity contribution >= 4 is 5.91 Å². The molecule has 0 spiro atoms. The first kappa shape index (κ1) is 13.8. The SMILES string of the molecule is CCCN1CCC(NC(=O)c2ccncc2O)CC1. The number of likely N-dealkylation sites (tertiary alicyclic amines) is 1. The van der Waals surface area contributed by atoms with Gasteiger partial charge in [0.2, 0.25) is 0 Å². The summed E-state index contributed by atoms with van der Waals surface area (Å²) in [6.07, 6.45) is 5.91. The molecule has 0 saturated carbocycles. The van der Waals surface area contributed by atoms with Crippen LogP contribution in [0.5, 0.6) is 5.75 Å².